The van der Waals surface area contributed by atoms with Crippen molar-refractivity contribution < 1.29 is 58.0 Å². The summed E-state index contributed by atoms with van der Waals surface area (Å²) in [4.78, 5) is 104. The number of benzene rings is 5. The summed E-state index contributed by atoms with van der Waals surface area (Å²) in [6.07, 6.45) is -3.87. The zero-order chi connectivity index (χ0) is 51.9. The van der Waals surface area contributed by atoms with Gasteiger partial charge < -0.3 is 62.2 Å². The minimum Gasteiger partial charge on any atom is -0.478 e. The molecule has 20 nitrogen and oxygen atoms in total. The molecule has 2 unspecified atom stereocenters. The molecule has 5 aromatic rings. The van der Waals surface area contributed by atoms with Gasteiger partial charge in [-0.25, -0.2) is 14.4 Å². The van der Waals surface area contributed by atoms with Crippen molar-refractivity contribution in [1.29, 1.82) is 0 Å². The molecule has 20 heteroatoms. The average molecular weight is 981 g/mol. The number of hydrogen-bond donors (Lipinski definition) is 9. The van der Waals surface area contributed by atoms with Crippen LogP contribution in [-0.2, 0) is 44.8 Å². The average Bonchev–Trinajstić information content (AvgIpc) is 3.32. The first-order valence-electron chi connectivity index (χ1n) is 23.4. The first kappa shape index (κ1) is 54.4. The number of ether oxygens (including phenoxy) is 2. The number of carboxylic acids is 1. The number of aliphatic hydroxyl groups is 1. The van der Waals surface area contributed by atoms with Crippen molar-refractivity contribution in [3.63, 3.8) is 0 Å². The van der Waals surface area contributed by atoms with Crippen LogP contribution in [0.3, 0.4) is 0 Å². The highest BCUT2D eigenvalue weighted by Crippen LogP contribution is 2.36. The largest absolute Gasteiger partial charge is 0.478 e. The summed E-state index contributed by atoms with van der Waals surface area (Å²) in [5.74, 6) is -5.01. The molecule has 5 aromatic carbocycles. The van der Waals surface area contributed by atoms with Gasteiger partial charge in [0.2, 0.25) is 35.6 Å². The summed E-state index contributed by atoms with van der Waals surface area (Å²) in [6, 6.07) is 19.3. The highest BCUT2D eigenvalue weighted by atomic mass is 16.6. The first-order valence-corrected chi connectivity index (χ1v) is 23.4. The number of urea groups is 1. The summed E-state index contributed by atoms with van der Waals surface area (Å²) in [7, 11) is 1.30. The van der Waals surface area contributed by atoms with Gasteiger partial charge in [-0.15, -0.1) is 0 Å². The van der Waals surface area contributed by atoms with Crippen LogP contribution in [0.1, 0.15) is 77.5 Å². The molecule has 0 heterocycles. The highest BCUT2D eigenvalue weighted by Gasteiger charge is 2.32. The lowest BCUT2D eigenvalue weighted by atomic mass is 9.92. The number of primary amides is 1. The lowest BCUT2D eigenvalue weighted by Crippen LogP contribution is -2.57. The fraction of sp³-hybridized carbons (Fsp3) is 0.412. The molecule has 0 fully saturated rings. The molecule has 5 rings (SSSR count). The van der Waals surface area contributed by atoms with Crippen LogP contribution < -0.4 is 37.6 Å². The molecule has 0 radical (unpaired) electrons. The van der Waals surface area contributed by atoms with E-state index in [1.165, 1.54) is 38.2 Å². The fourth-order valence-corrected chi connectivity index (χ4v) is 7.95. The Morgan fingerprint density at radius 1 is 0.718 bits per heavy atom. The molecule has 0 saturated heterocycles. The van der Waals surface area contributed by atoms with Crippen LogP contribution in [0.2, 0.25) is 0 Å². The predicted molar refractivity (Wildman–Crippen MR) is 266 cm³/mol. The van der Waals surface area contributed by atoms with E-state index in [4.69, 9.17) is 15.2 Å². The molecule has 0 bridgehead atoms. The molecule has 5 atom stereocenters. The second kappa shape index (κ2) is 25.3. The summed E-state index contributed by atoms with van der Waals surface area (Å²) in [6.45, 7) is 8.47. The number of aliphatic hydroxyl groups excluding tert-OH is 1. The van der Waals surface area contributed by atoms with Gasteiger partial charge in [0, 0.05) is 44.7 Å². The smallest absolute Gasteiger partial charge is 0.411 e. The Kier molecular flexibility index (Phi) is 19.4. The highest BCUT2D eigenvalue weighted by molar-refractivity contribution is 6.23. The van der Waals surface area contributed by atoms with E-state index in [0.717, 1.165) is 42.8 Å². The Bertz CT molecular complexity index is 2680. The van der Waals surface area contributed by atoms with Gasteiger partial charge in [0.05, 0.1) is 6.61 Å². The Morgan fingerprint density at radius 3 is 1.97 bits per heavy atom. The monoisotopic (exact) mass is 980 g/mol. The van der Waals surface area contributed by atoms with Gasteiger partial charge in [-0.3, -0.25) is 24.0 Å². The number of carbonyl (C=O) groups is 8. The van der Waals surface area contributed by atoms with Gasteiger partial charge in [0.15, 0.2) is 6.29 Å². The van der Waals surface area contributed by atoms with Crippen LogP contribution in [0.4, 0.5) is 15.3 Å². The van der Waals surface area contributed by atoms with E-state index in [-0.39, 0.29) is 62.5 Å². The minimum absolute atomic E-state index is 0.0000667. The SMILES string of the molecule is CC(=O)N[C@@H](CCC(O)OCC(C)C)C(=O)N[C@H](C(=O)N[C@@H](CCCNC(N)=O)C(=O)Nc1ccc(C(OC(=O)N(C)CC(=O)NCc2ccc3ccc4cccc5ccc2c3c45)C(=O)O)cc1)C(C)C. The van der Waals surface area contributed by atoms with Gasteiger partial charge in [0.1, 0.15) is 24.7 Å². The Balaban J connectivity index is 1.19. The van der Waals surface area contributed by atoms with Crippen molar-refractivity contribution in [3.8, 4) is 0 Å². The van der Waals surface area contributed by atoms with Gasteiger partial charge in [-0.05, 0) is 81.1 Å². The van der Waals surface area contributed by atoms with Gasteiger partial charge in [-0.1, -0.05) is 94.4 Å². The minimum atomic E-state index is -1.79. The van der Waals surface area contributed by atoms with E-state index >= 15 is 0 Å². The van der Waals surface area contributed by atoms with E-state index in [2.05, 4.69) is 56.2 Å². The van der Waals surface area contributed by atoms with Crippen molar-refractivity contribution in [2.45, 2.75) is 97.4 Å². The quantitative estimate of drug-likeness (QED) is 0.0224. The van der Waals surface area contributed by atoms with Gasteiger partial charge in [0.25, 0.3) is 0 Å². The number of nitrogens with zero attached hydrogens (tertiary/aromatic N) is 1. The van der Waals surface area contributed by atoms with E-state index in [0.29, 0.717) is 0 Å². The van der Waals surface area contributed by atoms with E-state index in [1.807, 2.05) is 44.2 Å². The second-order valence-corrected chi connectivity index (χ2v) is 18.2. The van der Waals surface area contributed by atoms with Crippen molar-refractivity contribution in [3.05, 3.63) is 90.0 Å². The third-order valence-electron chi connectivity index (χ3n) is 11.6. The standard InChI is InChI=1S/C51H64N8O12/c1-28(2)27-70-41(62)23-22-39(55-30(5)60)47(64)58-44(29(3)4)48(65)57-38(11-8-24-53-50(52)68)46(63)56-36-19-16-34(17-20-36)45(49(66)67)71-51(69)59(6)26-40(61)54-25-35-15-14-33-13-12-31-9-7-10-32-18-21-37(35)43(33)42(31)32/h7,9-10,12-21,28-29,38-39,41,44-45,62H,8,11,22-27H2,1-6H3,(H,54,61)(H,55,60)(H,56,63)(H,57,65)(H,58,64)(H,66,67)(H3,52,53,68)/t38-,39-,41?,44-,45?/m0/s1. The number of carbonyl (C=O) groups excluding carboxylic acids is 7. The fourth-order valence-electron chi connectivity index (χ4n) is 7.95. The lowest BCUT2D eigenvalue weighted by molar-refractivity contribution is -0.147. The number of hydrogen-bond acceptors (Lipinski definition) is 11. The molecule has 0 aromatic heterocycles. The number of carboxylic acid groups (broad SMARTS) is 1. The molecule has 0 aliphatic heterocycles. The third kappa shape index (κ3) is 15.5. The molecule has 380 valence electrons. The number of nitrogens with two attached hydrogens (primary N) is 1. The lowest BCUT2D eigenvalue weighted by Gasteiger charge is -2.27. The number of nitrogens with one attached hydrogen (secondary N) is 6. The van der Waals surface area contributed by atoms with Crippen molar-refractivity contribution in [2.75, 3.05) is 32.1 Å². The van der Waals surface area contributed by atoms with E-state index in [9.17, 15) is 48.6 Å². The molecule has 0 aliphatic rings. The van der Waals surface area contributed by atoms with Crippen LogP contribution in [0, 0.1) is 11.8 Å². The third-order valence-corrected chi connectivity index (χ3v) is 11.6. The Hall–Kier alpha value is -7.58. The molecular formula is C51H64N8O12. The number of rotatable bonds is 25. The van der Waals surface area contributed by atoms with Crippen molar-refractivity contribution >= 4 is 85.6 Å². The summed E-state index contributed by atoms with van der Waals surface area (Å²) < 4.78 is 10.7. The maximum absolute atomic E-state index is 13.8. The van der Waals surface area contributed by atoms with Crippen LogP contribution in [0.15, 0.2) is 78.9 Å². The maximum Gasteiger partial charge on any atom is 0.411 e. The summed E-state index contributed by atoms with van der Waals surface area (Å²) in [5.41, 5.74) is 6.28. The molecule has 10 N–H and O–H groups in total. The van der Waals surface area contributed by atoms with Crippen LogP contribution in [-0.4, -0.2) is 114 Å². The molecule has 71 heavy (non-hydrogen) atoms. The zero-order valence-electron chi connectivity index (χ0n) is 40.7. The molecule has 0 aliphatic carbocycles. The van der Waals surface area contributed by atoms with Gasteiger partial charge in [-0.2, -0.15) is 0 Å². The molecule has 0 spiro atoms. The molecule has 0 saturated carbocycles. The van der Waals surface area contributed by atoms with Crippen molar-refractivity contribution in [1.82, 2.24) is 31.5 Å². The van der Waals surface area contributed by atoms with E-state index < -0.39 is 90.6 Å². The number of amides is 8. The summed E-state index contributed by atoms with van der Waals surface area (Å²) in [5, 5.41) is 42.6. The second-order valence-electron chi connectivity index (χ2n) is 18.2. The zero-order valence-corrected chi connectivity index (χ0v) is 40.7. The Morgan fingerprint density at radius 2 is 1.35 bits per heavy atom. The normalized spacial score (nSPS) is 13.5. The van der Waals surface area contributed by atoms with Crippen LogP contribution in [0.5, 0.6) is 0 Å². The first-order chi connectivity index (χ1) is 33.7. The number of aliphatic carboxylic acids is 1. The van der Waals surface area contributed by atoms with Crippen LogP contribution in [0.25, 0.3) is 32.3 Å². The van der Waals surface area contributed by atoms with Crippen LogP contribution >= 0.6 is 0 Å². The Labute approximate surface area is 411 Å². The number of likely N-dealkylation sites (N-methyl/N-ethyl adjacent to an activating group) is 1. The topological polar surface area (TPSA) is 297 Å². The maximum atomic E-state index is 13.8. The van der Waals surface area contributed by atoms with E-state index in [1.54, 1.807) is 13.8 Å². The summed E-state index contributed by atoms with van der Waals surface area (Å²) >= 11 is 0. The molecular weight excluding hydrogens is 917 g/mol. The number of anilines is 1. The van der Waals surface area contributed by atoms with Crippen molar-refractivity contribution in [2.24, 2.45) is 17.6 Å². The molecule has 8 amide bonds. The predicted octanol–water partition coefficient (Wildman–Crippen LogP) is 4.38. The van der Waals surface area contributed by atoms with Gasteiger partial charge >= 0.3 is 18.1 Å².